The van der Waals surface area contributed by atoms with Gasteiger partial charge in [-0.1, -0.05) is 29.8 Å². The van der Waals surface area contributed by atoms with Gasteiger partial charge in [0.25, 0.3) is 0 Å². The third kappa shape index (κ3) is 3.94. The zero-order valence-electron chi connectivity index (χ0n) is 12.4. The van der Waals surface area contributed by atoms with E-state index in [1.54, 1.807) is 17.0 Å². The topological polar surface area (TPSA) is 54.5 Å². The lowest BCUT2D eigenvalue weighted by atomic mass is 10.2. The van der Waals surface area contributed by atoms with Crippen molar-refractivity contribution in [2.24, 2.45) is 0 Å². The van der Waals surface area contributed by atoms with Crippen LogP contribution in [0.3, 0.4) is 0 Å². The lowest BCUT2D eigenvalue weighted by molar-refractivity contribution is -0.118. The molecule has 0 N–H and O–H groups in total. The Bertz CT molecular complexity index is 829. The maximum Gasteiger partial charge on any atom is 0.228 e. The van der Waals surface area contributed by atoms with Crippen molar-refractivity contribution >= 4 is 44.4 Å². The van der Waals surface area contributed by atoms with Crippen LogP contribution < -0.4 is 4.90 Å². The highest BCUT2D eigenvalue weighted by molar-refractivity contribution is 7.90. The molecule has 1 aromatic heterocycles. The molecule has 0 radical (unpaired) electrons. The minimum Gasteiger partial charge on any atom is -0.312 e. The lowest BCUT2D eigenvalue weighted by Gasteiger charge is -2.17. The third-order valence-electron chi connectivity index (χ3n) is 3.81. The maximum absolute atomic E-state index is 12.4. The average Bonchev–Trinajstić information content (AvgIpc) is 3.11. The van der Waals surface area contributed by atoms with E-state index in [4.69, 9.17) is 11.6 Å². The highest BCUT2D eigenvalue weighted by atomic mass is 35.5. The molecule has 0 aliphatic carbocycles. The highest BCUT2D eigenvalue weighted by Gasteiger charge is 2.25. The molecular formula is C16H16ClNO3S2. The molecule has 1 amide bonds. The van der Waals surface area contributed by atoms with Crippen molar-refractivity contribution in [3.63, 3.8) is 0 Å². The van der Waals surface area contributed by atoms with E-state index in [0.717, 1.165) is 17.7 Å². The van der Waals surface area contributed by atoms with E-state index < -0.39 is 9.84 Å². The molecule has 4 nitrogen and oxygen atoms in total. The minimum atomic E-state index is -3.32. The van der Waals surface area contributed by atoms with Crippen molar-refractivity contribution in [2.45, 2.75) is 18.6 Å². The number of hydrogen-bond acceptors (Lipinski definition) is 4. The van der Waals surface area contributed by atoms with Crippen LogP contribution in [-0.2, 0) is 26.8 Å². The van der Waals surface area contributed by atoms with E-state index in [1.165, 1.54) is 11.3 Å². The smallest absolute Gasteiger partial charge is 0.228 e. The van der Waals surface area contributed by atoms with Gasteiger partial charge in [0.05, 0.1) is 15.8 Å². The van der Waals surface area contributed by atoms with Crippen molar-refractivity contribution in [3.8, 4) is 0 Å². The van der Waals surface area contributed by atoms with Gasteiger partial charge in [-0.3, -0.25) is 4.79 Å². The number of rotatable bonds is 5. The number of hydrogen-bond donors (Lipinski definition) is 0. The Hall–Kier alpha value is -1.37. The lowest BCUT2D eigenvalue weighted by Crippen LogP contribution is -2.30. The number of benzene rings is 1. The molecule has 0 bridgehead atoms. The number of carbonyl (C=O) groups is 1. The SMILES string of the molecule is O=C(CCS(=O)(=O)Cc1ccc(Cl)s1)N1CCc2ccccc21. The second-order valence-corrected chi connectivity index (χ2v) is 9.46. The van der Waals surface area contributed by atoms with Crippen LogP contribution in [0, 0.1) is 0 Å². The largest absolute Gasteiger partial charge is 0.312 e. The first-order valence-electron chi connectivity index (χ1n) is 7.27. The molecule has 0 saturated heterocycles. The summed E-state index contributed by atoms with van der Waals surface area (Å²) in [4.78, 5) is 14.7. The van der Waals surface area contributed by atoms with Crippen LogP contribution in [0.4, 0.5) is 5.69 Å². The summed E-state index contributed by atoms with van der Waals surface area (Å²) in [5.74, 6) is -0.336. The molecule has 0 fully saturated rings. The van der Waals surface area contributed by atoms with Gasteiger partial charge in [0.2, 0.25) is 5.91 Å². The Morgan fingerprint density at radius 2 is 2.00 bits per heavy atom. The number of nitrogens with zero attached hydrogens (tertiary/aromatic N) is 1. The third-order valence-corrected chi connectivity index (χ3v) is 6.80. The summed E-state index contributed by atoms with van der Waals surface area (Å²) < 4.78 is 24.9. The molecule has 1 aliphatic heterocycles. The molecule has 0 atom stereocenters. The van der Waals surface area contributed by atoms with E-state index in [-0.39, 0.29) is 23.8 Å². The molecule has 1 aromatic carbocycles. The molecule has 0 spiro atoms. The molecule has 7 heteroatoms. The minimum absolute atomic E-state index is 0.00970. The molecule has 0 saturated carbocycles. The van der Waals surface area contributed by atoms with Gasteiger partial charge in [0, 0.05) is 23.5 Å². The van der Waals surface area contributed by atoms with Gasteiger partial charge in [-0.05, 0) is 30.2 Å². The van der Waals surface area contributed by atoms with Crippen molar-refractivity contribution in [3.05, 3.63) is 51.2 Å². The Morgan fingerprint density at radius 3 is 2.74 bits per heavy atom. The summed E-state index contributed by atoms with van der Waals surface area (Å²) in [5, 5.41) is 0. The fourth-order valence-corrected chi connectivity index (χ4v) is 5.51. The molecule has 2 aromatic rings. The van der Waals surface area contributed by atoms with Gasteiger partial charge in [-0.25, -0.2) is 8.42 Å². The van der Waals surface area contributed by atoms with Gasteiger partial charge >= 0.3 is 0 Å². The number of fused-ring (bicyclic) bond motifs is 1. The zero-order chi connectivity index (χ0) is 16.4. The number of thiophene rings is 1. The molecule has 1 aliphatic rings. The quantitative estimate of drug-likeness (QED) is 0.812. The Balaban J connectivity index is 1.61. The predicted octanol–water partition coefficient (Wildman–Crippen LogP) is 3.30. The van der Waals surface area contributed by atoms with Gasteiger partial charge in [0.15, 0.2) is 9.84 Å². The summed E-state index contributed by atoms with van der Waals surface area (Å²) in [7, 11) is -3.32. The standard InChI is InChI=1S/C16H16ClNO3S2/c17-15-6-5-13(22-15)11-23(20,21)10-8-16(19)18-9-7-12-3-1-2-4-14(12)18/h1-6H,7-11H2. The fourth-order valence-electron chi connectivity index (χ4n) is 2.69. The monoisotopic (exact) mass is 369 g/mol. The summed E-state index contributed by atoms with van der Waals surface area (Å²) in [6, 6.07) is 11.1. The molecule has 122 valence electrons. The van der Waals surface area contributed by atoms with Crippen LogP contribution in [0.5, 0.6) is 0 Å². The maximum atomic E-state index is 12.4. The van der Waals surface area contributed by atoms with Gasteiger partial charge in [0.1, 0.15) is 0 Å². The van der Waals surface area contributed by atoms with E-state index >= 15 is 0 Å². The zero-order valence-corrected chi connectivity index (χ0v) is 14.8. The molecule has 23 heavy (non-hydrogen) atoms. The van der Waals surface area contributed by atoms with E-state index in [2.05, 4.69) is 0 Å². The van der Waals surface area contributed by atoms with Crippen LogP contribution in [0.25, 0.3) is 0 Å². The number of para-hydroxylation sites is 1. The van der Waals surface area contributed by atoms with Crippen molar-refractivity contribution in [1.29, 1.82) is 0 Å². The fraction of sp³-hybridized carbons (Fsp3) is 0.312. The summed E-state index contributed by atoms with van der Waals surface area (Å²) >= 11 is 7.07. The second kappa shape index (κ2) is 6.63. The van der Waals surface area contributed by atoms with Crippen LogP contribution >= 0.6 is 22.9 Å². The van der Waals surface area contributed by atoms with Crippen molar-refractivity contribution < 1.29 is 13.2 Å². The second-order valence-electron chi connectivity index (χ2n) is 5.47. The highest BCUT2D eigenvalue weighted by Crippen LogP contribution is 2.28. The Labute approximate surface area is 144 Å². The van der Waals surface area contributed by atoms with Crippen molar-refractivity contribution in [2.75, 3.05) is 17.2 Å². The van der Waals surface area contributed by atoms with Crippen LogP contribution in [0.15, 0.2) is 36.4 Å². The first-order chi connectivity index (χ1) is 10.9. The van der Waals surface area contributed by atoms with E-state index in [1.807, 2.05) is 24.3 Å². The van der Waals surface area contributed by atoms with E-state index in [0.29, 0.717) is 15.8 Å². The first kappa shape index (κ1) is 16.5. The molecular weight excluding hydrogens is 354 g/mol. The number of carbonyl (C=O) groups excluding carboxylic acids is 1. The summed E-state index contributed by atoms with van der Waals surface area (Å²) in [5.41, 5.74) is 2.04. The number of amides is 1. The Kier molecular flexibility index (Phi) is 4.75. The Morgan fingerprint density at radius 1 is 1.22 bits per heavy atom. The number of halogens is 1. The molecule has 3 rings (SSSR count). The van der Waals surface area contributed by atoms with E-state index in [9.17, 15) is 13.2 Å². The van der Waals surface area contributed by atoms with Crippen LogP contribution in [-0.4, -0.2) is 26.6 Å². The number of anilines is 1. The number of sulfone groups is 1. The average molecular weight is 370 g/mol. The first-order valence-corrected chi connectivity index (χ1v) is 10.3. The summed E-state index contributed by atoms with van der Waals surface area (Å²) in [6.45, 7) is 0.624. The summed E-state index contributed by atoms with van der Waals surface area (Å²) in [6.07, 6.45) is 0.831. The normalized spacial score (nSPS) is 14.0. The molecule has 2 heterocycles. The van der Waals surface area contributed by atoms with Gasteiger partial charge < -0.3 is 4.90 Å². The van der Waals surface area contributed by atoms with Gasteiger partial charge in [-0.2, -0.15) is 0 Å². The van der Waals surface area contributed by atoms with Gasteiger partial charge in [-0.15, -0.1) is 11.3 Å². The van der Waals surface area contributed by atoms with Crippen LogP contribution in [0.2, 0.25) is 4.34 Å². The van der Waals surface area contributed by atoms with Crippen molar-refractivity contribution in [1.82, 2.24) is 0 Å². The predicted molar refractivity (Wildman–Crippen MR) is 93.9 cm³/mol. The van der Waals surface area contributed by atoms with Crippen LogP contribution in [0.1, 0.15) is 16.9 Å². The molecule has 0 unspecified atom stereocenters.